The van der Waals surface area contributed by atoms with E-state index in [0.717, 1.165) is 23.8 Å². The zero-order valence-corrected chi connectivity index (χ0v) is 17.7. The second-order valence-corrected chi connectivity index (χ2v) is 9.49. The monoisotopic (exact) mass is 415 g/mol. The van der Waals surface area contributed by atoms with E-state index in [9.17, 15) is 13.2 Å². The summed E-state index contributed by atoms with van der Waals surface area (Å²) in [5.74, 6) is -0.291. The number of rotatable bonds is 9. The summed E-state index contributed by atoms with van der Waals surface area (Å²) in [4.78, 5) is 14.7. The maximum atomic E-state index is 12.5. The molecule has 152 valence electrons. The highest BCUT2D eigenvalue weighted by Gasteiger charge is 2.23. The van der Waals surface area contributed by atoms with Crippen LogP contribution in [0.3, 0.4) is 0 Å². The molecule has 0 radical (unpaired) electrons. The normalized spacial score (nSPS) is 18.6. The smallest absolute Gasteiger partial charge is 0.243 e. The van der Waals surface area contributed by atoms with Gasteiger partial charge in [-0.3, -0.25) is 4.79 Å². The fraction of sp³-hybridized carbons (Fsp3) is 0.632. The van der Waals surface area contributed by atoms with Crippen molar-refractivity contribution >= 4 is 27.5 Å². The number of hydrogen-bond acceptors (Lipinski definition) is 4. The lowest BCUT2D eigenvalue weighted by Crippen LogP contribution is -2.42. The van der Waals surface area contributed by atoms with E-state index in [-0.39, 0.29) is 17.3 Å². The Bertz CT molecular complexity index is 709. The molecule has 1 saturated heterocycles. The van der Waals surface area contributed by atoms with Crippen molar-refractivity contribution in [1.82, 2.24) is 14.5 Å². The van der Waals surface area contributed by atoms with Gasteiger partial charge in [-0.25, -0.2) is 8.42 Å². The van der Waals surface area contributed by atoms with Gasteiger partial charge in [0.15, 0.2) is 0 Å². The Balaban J connectivity index is 1.75. The number of amides is 1. The van der Waals surface area contributed by atoms with Gasteiger partial charge in [-0.15, -0.1) is 0 Å². The van der Waals surface area contributed by atoms with E-state index < -0.39 is 10.0 Å². The molecule has 1 aromatic carbocycles. The quantitative estimate of drug-likeness (QED) is 0.629. The minimum Gasteiger partial charge on any atom is -0.355 e. The van der Waals surface area contributed by atoms with Crippen LogP contribution in [0.4, 0.5) is 0 Å². The molecule has 1 heterocycles. The van der Waals surface area contributed by atoms with Gasteiger partial charge in [0.1, 0.15) is 0 Å². The Morgan fingerprint density at radius 3 is 2.67 bits per heavy atom. The maximum absolute atomic E-state index is 12.5. The number of nitrogens with zero attached hydrogens (tertiary/aromatic N) is 2. The first kappa shape index (κ1) is 22.1. The molecule has 1 aromatic rings. The first-order chi connectivity index (χ1) is 12.8. The number of benzene rings is 1. The van der Waals surface area contributed by atoms with Crippen LogP contribution < -0.4 is 5.32 Å². The summed E-state index contributed by atoms with van der Waals surface area (Å²) in [6.07, 6.45) is 5.85. The molecular formula is C19H30ClN3O3S. The summed E-state index contributed by atoms with van der Waals surface area (Å²) in [5, 5.41) is 3.29. The molecule has 0 aliphatic carbocycles. The van der Waals surface area contributed by atoms with Gasteiger partial charge in [0.2, 0.25) is 15.9 Å². The van der Waals surface area contributed by atoms with E-state index in [0.29, 0.717) is 17.6 Å². The molecule has 0 bridgehead atoms. The van der Waals surface area contributed by atoms with Crippen molar-refractivity contribution in [1.29, 1.82) is 0 Å². The standard InChI is InChI=1S/C19H30ClN3O3S/c1-3-17-7-4-5-13-23(17)14-6-12-21-19(24)15-22(2)27(25,26)18-10-8-16(20)9-11-18/h8-11,17H,3-7,12-15H2,1-2H3,(H,21,24)/t17-/m0/s1. The first-order valence-corrected chi connectivity index (χ1v) is 11.4. The molecule has 8 heteroatoms. The Hall–Kier alpha value is -1.15. The SMILES string of the molecule is CC[C@H]1CCCCN1CCCNC(=O)CN(C)S(=O)(=O)c1ccc(Cl)cc1. The summed E-state index contributed by atoms with van der Waals surface area (Å²) in [6.45, 7) is 4.68. The van der Waals surface area contributed by atoms with Crippen molar-refractivity contribution in [3.05, 3.63) is 29.3 Å². The third kappa shape index (κ3) is 6.45. The van der Waals surface area contributed by atoms with Gasteiger partial charge in [-0.2, -0.15) is 4.31 Å². The number of hydrogen-bond donors (Lipinski definition) is 1. The van der Waals surface area contributed by atoms with Crippen LogP contribution in [0.2, 0.25) is 5.02 Å². The van der Waals surface area contributed by atoms with Gasteiger partial charge in [-0.05, 0) is 56.5 Å². The average Bonchev–Trinajstić information content (AvgIpc) is 2.65. The lowest BCUT2D eigenvalue weighted by molar-refractivity contribution is -0.121. The van der Waals surface area contributed by atoms with Crippen LogP contribution in [0.15, 0.2) is 29.2 Å². The van der Waals surface area contributed by atoms with Crippen LogP contribution in [0.1, 0.15) is 39.0 Å². The van der Waals surface area contributed by atoms with Gasteiger partial charge in [0.25, 0.3) is 0 Å². The van der Waals surface area contributed by atoms with Crippen molar-refractivity contribution in [3.63, 3.8) is 0 Å². The molecule has 27 heavy (non-hydrogen) atoms. The van der Waals surface area contributed by atoms with Gasteiger partial charge < -0.3 is 10.2 Å². The van der Waals surface area contributed by atoms with Crippen LogP contribution in [0, 0.1) is 0 Å². The predicted molar refractivity (Wildman–Crippen MR) is 108 cm³/mol. The third-order valence-corrected chi connectivity index (χ3v) is 7.12. The van der Waals surface area contributed by atoms with Crippen molar-refractivity contribution in [3.8, 4) is 0 Å². The highest BCUT2D eigenvalue weighted by Crippen LogP contribution is 2.19. The van der Waals surface area contributed by atoms with Crippen LogP contribution in [-0.4, -0.2) is 62.8 Å². The summed E-state index contributed by atoms with van der Waals surface area (Å²) >= 11 is 5.79. The fourth-order valence-corrected chi connectivity index (χ4v) is 4.71. The van der Waals surface area contributed by atoms with Gasteiger partial charge in [-0.1, -0.05) is 24.9 Å². The summed E-state index contributed by atoms with van der Waals surface area (Å²) < 4.78 is 26.0. The molecule has 0 unspecified atom stereocenters. The lowest BCUT2D eigenvalue weighted by Gasteiger charge is -2.35. The Kier molecular flexibility index (Phi) is 8.54. The molecule has 1 atom stereocenters. The van der Waals surface area contributed by atoms with E-state index in [1.165, 1.54) is 57.0 Å². The number of likely N-dealkylation sites (tertiary alicyclic amines) is 1. The van der Waals surface area contributed by atoms with Crippen molar-refractivity contribution in [2.24, 2.45) is 0 Å². The molecule has 2 rings (SSSR count). The van der Waals surface area contributed by atoms with E-state index in [4.69, 9.17) is 11.6 Å². The van der Waals surface area contributed by atoms with Gasteiger partial charge in [0.05, 0.1) is 11.4 Å². The molecule has 0 spiro atoms. The minimum absolute atomic E-state index is 0.123. The molecule has 1 fully saturated rings. The van der Waals surface area contributed by atoms with Crippen molar-refractivity contribution < 1.29 is 13.2 Å². The highest BCUT2D eigenvalue weighted by atomic mass is 35.5. The van der Waals surface area contributed by atoms with Crippen molar-refractivity contribution in [2.45, 2.75) is 50.0 Å². The Morgan fingerprint density at radius 2 is 2.00 bits per heavy atom. The maximum Gasteiger partial charge on any atom is 0.243 e. The topological polar surface area (TPSA) is 69.7 Å². The number of carbonyl (C=O) groups excluding carboxylic acids is 1. The van der Waals surface area contributed by atoms with Crippen LogP contribution in [0.25, 0.3) is 0 Å². The zero-order chi connectivity index (χ0) is 19.9. The zero-order valence-electron chi connectivity index (χ0n) is 16.2. The predicted octanol–water partition coefficient (Wildman–Crippen LogP) is 2.73. The molecule has 0 saturated carbocycles. The molecule has 6 nitrogen and oxygen atoms in total. The lowest BCUT2D eigenvalue weighted by atomic mass is 10.00. The molecule has 1 N–H and O–H groups in total. The summed E-state index contributed by atoms with van der Waals surface area (Å²) in [5.41, 5.74) is 0. The molecular weight excluding hydrogens is 386 g/mol. The van der Waals surface area contributed by atoms with E-state index >= 15 is 0 Å². The fourth-order valence-electron chi connectivity index (χ4n) is 3.46. The number of halogens is 1. The largest absolute Gasteiger partial charge is 0.355 e. The van der Waals surface area contributed by atoms with Crippen LogP contribution in [-0.2, 0) is 14.8 Å². The van der Waals surface area contributed by atoms with Gasteiger partial charge >= 0.3 is 0 Å². The molecule has 1 amide bonds. The van der Waals surface area contributed by atoms with Crippen molar-refractivity contribution in [2.75, 3.05) is 33.2 Å². The van der Waals surface area contributed by atoms with Gasteiger partial charge in [0, 0.05) is 31.2 Å². The number of carbonyl (C=O) groups is 1. The highest BCUT2D eigenvalue weighted by molar-refractivity contribution is 7.89. The number of likely N-dealkylation sites (N-methyl/N-ethyl adjacent to an activating group) is 1. The third-order valence-electron chi connectivity index (χ3n) is 5.05. The van der Waals surface area contributed by atoms with E-state index in [1.807, 2.05) is 0 Å². The summed E-state index contributed by atoms with van der Waals surface area (Å²) in [6, 6.07) is 6.58. The van der Waals surface area contributed by atoms with Crippen LogP contribution in [0.5, 0.6) is 0 Å². The number of sulfonamides is 1. The molecule has 0 aromatic heterocycles. The number of nitrogens with one attached hydrogen (secondary N) is 1. The van der Waals surface area contributed by atoms with Crippen LogP contribution >= 0.6 is 11.6 Å². The minimum atomic E-state index is -3.70. The second-order valence-electron chi connectivity index (χ2n) is 7.01. The average molecular weight is 416 g/mol. The van der Waals surface area contributed by atoms with E-state index in [2.05, 4.69) is 17.1 Å². The Labute approximate surface area is 167 Å². The van der Waals surface area contributed by atoms with E-state index in [1.54, 1.807) is 0 Å². The molecule has 1 aliphatic rings. The first-order valence-electron chi connectivity index (χ1n) is 9.57. The number of piperidine rings is 1. The Morgan fingerprint density at radius 1 is 1.30 bits per heavy atom. The second kappa shape index (κ2) is 10.4. The molecule has 1 aliphatic heterocycles. The summed E-state index contributed by atoms with van der Waals surface area (Å²) in [7, 11) is -2.30.